The van der Waals surface area contributed by atoms with Gasteiger partial charge in [-0.05, 0) is 81.5 Å². The maximum atomic E-state index is 14.3. The van der Waals surface area contributed by atoms with E-state index in [-0.39, 0.29) is 35.7 Å². The van der Waals surface area contributed by atoms with Gasteiger partial charge in [-0.25, -0.2) is 8.42 Å². The number of carbonyl (C=O) groups excluding carboxylic acids is 2. The molecule has 0 spiro atoms. The summed E-state index contributed by atoms with van der Waals surface area (Å²) in [6, 6.07) is 17.2. The zero-order valence-electron chi connectivity index (χ0n) is 25.0. The molecule has 12 heteroatoms. The van der Waals surface area contributed by atoms with Crippen molar-refractivity contribution >= 4 is 62.5 Å². The third-order valence-corrected chi connectivity index (χ3v) is 10.8. The Morgan fingerprint density at radius 3 is 2.25 bits per heavy atom. The maximum Gasteiger partial charge on any atom is 0.264 e. The third-order valence-electron chi connectivity index (χ3n) is 7.62. The lowest BCUT2D eigenvalue weighted by molar-refractivity contribution is -0.139. The van der Waals surface area contributed by atoms with Crippen molar-refractivity contribution in [3.63, 3.8) is 0 Å². The third kappa shape index (κ3) is 8.02. The molecule has 0 aliphatic heterocycles. The van der Waals surface area contributed by atoms with Gasteiger partial charge in [0.05, 0.1) is 17.2 Å². The number of anilines is 1. The number of halogens is 2. The molecule has 1 saturated carbocycles. The number of carbonyl (C=O) groups is 2. The van der Waals surface area contributed by atoms with Crippen molar-refractivity contribution in [2.45, 2.75) is 68.0 Å². The second-order valence-corrected chi connectivity index (χ2v) is 14.0. The Hall–Kier alpha value is -2.92. The molecule has 0 saturated heterocycles. The number of ether oxygens (including phenoxy) is 1. The lowest BCUT2D eigenvalue weighted by Crippen LogP contribution is -2.52. The fourth-order valence-electron chi connectivity index (χ4n) is 5.16. The number of amides is 2. The lowest BCUT2D eigenvalue weighted by atomic mass is 10.1. The van der Waals surface area contributed by atoms with E-state index in [9.17, 15) is 18.0 Å². The molecule has 0 unspecified atom stereocenters. The van der Waals surface area contributed by atoms with Crippen LogP contribution in [0.2, 0.25) is 10.0 Å². The predicted molar refractivity (Wildman–Crippen MR) is 177 cm³/mol. The minimum Gasteiger partial charge on any atom is -0.492 e. The average molecular weight is 679 g/mol. The molecule has 2 amide bonds. The fourth-order valence-corrected chi connectivity index (χ4v) is 7.51. The molecule has 0 heterocycles. The van der Waals surface area contributed by atoms with E-state index in [0.29, 0.717) is 21.4 Å². The van der Waals surface area contributed by atoms with Crippen LogP contribution in [0.25, 0.3) is 0 Å². The Morgan fingerprint density at radius 1 is 1.00 bits per heavy atom. The molecule has 1 N–H and O–H groups in total. The van der Waals surface area contributed by atoms with Gasteiger partial charge in [-0.3, -0.25) is 13.9 Å². The fraction of sp³-hybridized carbons (Fsp3) is 0.375. The highest BCUT2D eigenvalue weighted by Crippen LogP contribution is 2.34. The summed E-state index contributed by atoms with van der Waals surface area (Å²) in [6.07, 6.45) is 5.70. The Bertz CT molecular complexity index is 1540. The highest BCUT2D eigenvalue weighted by molar-refractivity contribution is 7.98. The molecule has 4 rings (SSSR count). The molecule has 0 aromatic heterocycles. The zero-order chi connectivity index (χ0) is 31.9. The molecule has 1 aliphatic rings. The van der Waals surface area contributed by atoms with Crippen LogP contribution in [-0.4, -0.2) is 56.6 Å². The van der Waals surface area contributed by atoms with E-state index in [2.05, 4.69) is 5.32 Å². The summed E-state index contributed by atoms with van der Waals surface area (Å²) in [7, 11) is -4.26. The molecule has 44 heavy (non-hydrogen) atoms. The Kier molecular flexibility index (Phi) is 11.9. The molecule has 236 valence electrons. The quantitative estimate of drug-likeness (QED) is 0.200. The molecule has 3 aromatic carbocycles. The van der Waals surface area contributed by atoms with Crippen molar-refractivity contribution in [1.82, 2.24) is 10.2 Å². The van der Waals surface area contributed by atoms with Crippen LogP contribution >= 0.6 is 35.0 Å². The van der Waals surface area contributed by atoms with Crippen molar-refractivity contribution in [1.29, 1.82) is 0 Å². The number of sulfonamides is 1. The zero-order valence-corrected chi connectivity index (χ0v) is 28.1. The molecule has 1 fully saturated rings. The number of nitrogens with zero attached hydrogens (tertiary/aromatic N) is 2. The molecule has 1 atom stereocenters. The molecule has 0 radical (unpaired) electrons. The van der Waals surface area contributed by atoms with Crippen LogP contribution in [0.4, 0.5) is 5.69 Å². The monoisotopic (exact) mass is 677 g/mol. The maximum absolute atomic E-state index is 14.3. The van der Waals surface area contributed by atoms with Crippen molar-refractivity contribution in [3.8, 4) is 5.75 Å². The number of para-hydroxylation sites is 2. The molecular formula is C32H37Cl2N3O5S2. The summed E-state index contributed by atoms with van der Waals surface area (Å²) in [5, 5.41) is 3.72. The van der Waals surface area contributed by atoms with E-state index in [1.165, 1.54) is 28.8 Å². The van der Waals surface area contributed by atoms with Crippen LogP contribution < -0.4 is 14.4 Å². The van der Waals surface area contributed by atoms with E-state index in [0.717, 1.165) is 34.9 Å². The average Bonchev–Trinajstić information content (AvgIpc) is 3.53. The van der Waals surface area contributed by atoms with Gasteiger partial charge < -0.3 is 15.0 Å². The van der Waals surface area contributed by atoms with Gasteiger partial charge in [-0.1, -0.05) is 54.2 Å². The number of benzene rings is 3. The van der Waals surface area contributed by atoms with Crippen LogP contribution in [0.15, 0.2) is 76.5 Å². The first-order valence-electron chi connectivity index (χ1n) is 14.5. The summed E-state index contributed by atoms with van der Waals surface area (Å²) in [4.78, 5) is 30.0. The predicted octanol–water partition coefficient (Wildman–Crippen LogP) is 6.79. The minimum absolute atomic E-state index is 0.0159. The molecule has 0 bridgehead atoms. The van der Waals surface area contributed by atoms with Crippen LogP contribution in [-0.2, 0) is 26.2 Å². The van der Waals surface area contributed by atoms with Crippen LogP contribution in [0, 0.1) is 0 Å². The van der Waals surface area contributed by atoms with Gasteiger partial charge in [0.15, 0.2) is 0 Å². The Balaban J connectivity index is 1.76. The van der Waals surface area contributed by atoms with Crippen molar-refractivity contribution in [2.24, 2.45) is 0 Å². The topological polar surface area (TPSA) is 96.0 Å². The van der Waals surface area contributed by atoms with Gasteiger partial charge in [0.25, 0.3) is 10.0 Å². The summed E-state index contributed by atoms with van der Waals surface area (Å²) in [5.41, 5.74) is 0.664. The highest BCUT2D eigenvalue weighted by atomic mass is 35.5. The largest absolute Gasteiger partial charge is 0.492 e. The summed E-state index contributed by atoms with van der Waals surface area (Å²) in [6.45, 7) is 3.01. The van der Waals surface area contributed by atoms with Crippen LogP contribution in [0.3, 0.4) is 0 Å². The van der Waals surface area contributed by atoms with E-state index < -0.39 is 28.5 Å². The van der Waals surface area contributed by atoms with Gasteiger partial charge in [0.2, 0.25) is 11.8 Å². The van der Waals surface area contributed by atoms with E-state index in [1.54, 1.807) is 68.4 Å². The molecular weight excluding hydrogens is 641 g/mol. The SMILES string of the molecule is CCOc1ccccc1N(CC(=O)N(Cc1c(Cl)cccc1Cl)[C@H](C)C(=O)NC1CCCC1)S(=O)(=O)c1ccc(SC)cc1. The second kappa shape index (κ2) is 15.4. The molecule has 3 aromatic rings. The first kappa shape index (κ1) is 34.0. The first-order chi connectivity index (χ1) is 21.1. The number of hydrogen-bond acceptors (Lipinski definition) is 6. The van der Waals surface area contributed by atoms with Crippen molar-refractivity contribution < 1.29 is 22.7 Å². The van der Waals surface area contributed by atoms with E-state index in [4.69, 9.17) is 27.9 Å². The molecule has 1 aliphatic carbocycles. The van der Waals surface area contributed by atoms with Crippen LogP contribution in [0.5, 0.6) is 5.75 Å². The van der Waals surface area contributed by atoms with Gasteiger partial charge in [-0.15, -0.1) is 11.8 Å². The number of hydrogen-bond donors (Lipinski definition) is 1. The normalized spacial score (nSPS) is 14.2. The standard InChI is InChI=1S/C32H37Cl2N3O5S2/c1-4-42-30-15-8-7-14-29(30)37(44(40,41)25-18-16-24(43-3)17-19-25)21-31(38)36(20-26-27(33)12-9-13-28(26)34)22(2)32(39)35-23-10-5-6-11-23/h7-9,12-19,22-23H,4-6,10-11,20-21H2,1-3H3,(H,35,39)/t22-/m1/s1. The van der Waals surface area contributed by atoms with Gasteiger partial charge in [-0.2, -0.15) is 0 Å². The van der Waals surface area contributed by atoms with Crippen molar-refractivity contribution in [3.05, 3.63) is 82.3 Å². The van der Waals surface area contributed by atoms with E-state index in [1.807, 2.05) is 6.26 Å². The van der Waals surface area contributed by atoms with Crippen molar-refractivity contribution in [2.75, 3.05) is 23.7 Å². The highest BCUT2D eigenvalue weighted by Gasteiger charge is 2.35. The molecule has 8 nitrogen and oxygen atoms in total. The van der Waals surface area contributed by atoms with Gasteiger partial charge in [0, 0.05) is 33.1 Å². The lowest BCUT2D eigenvalue weighted by Gasteiger charge is -2.33. The Labute approximate surface area is 274 Å². The summed E-state index contributed by atoms with van der Waals surface area (Å²) < 4.78 is 35.3. The van der Waals surface area contributed by atoms with Gasteiger partial charge in [0.1, 0.15) is 18.3 Å². The summed E-state index contributed by atoms with van der Waals surface area (Å²) in [5.74, 6) is -0.629. The van der Waals surface area contributed by atoms with Gasteiger partial charge >= 0.3 is 0 Å². The Morgan fingerprint density at radius 2 is 1.64 bits per heavy atom. The van der Waals surface area contributed by atoms with E-state index >= 15 is 0 Å². The second-order valence-electron chi connectivity index (χ2n) is 10.5. The number of rotatable bonds is 13. The minimum atomic E-state index is -4.26. The van der Waals surface area contributed by atoms with Crippen LogP contribution in [0.1, 0.15) is 45.1 Å². The number of thioether (sulfide) groups is 1. The smallest absolute Gasteiger partial charge is 0.264 e. The number of nitrogens with one attached hydrogen (secondary N) is 1. The summed E-state index contributed by atoms with van der Waals surface area (Å²) >= 11 is 14.5. The first-order valence-corrected chi connectivity index (χ1v) is 17.9.